The molecule has 0 bridgehead atoms. The van der Waals surface area contributed by atoms with Gasteiger partial charge in [-0.05, 0) is 29.3 Å². The van der Waals surface area contributed by atoms with Gasteiger partial charge in [0, 0.05) is 11.1 Å². The first-order valence-corrected chi connectivity index (χ1v) is 6.80. The number of ether oxygens (including phenoxy) is 3. The van der Waals surface area contributed by atoms with E-state index in [0.717, 1.165) is 28.0 Å². The molecule has 0 aromatic heterocycles. The van der Waals surface area contributed by atoms with E-state index in [9.17, 15) is 0 Å². The van der Waals surface area contributed by atoms with Gasteiger partial charge < -0.3 is 14.2 Å². The van der Waals surface area contributed by atoms with E-state index in [1.54, 1.807) is 19.6 Å². The molecule has 0 fully saturated rings. The Bertz CT molecular complexity index is 733. The fraction of sp³-hybridized carbons (Fsp3) is 0.111. The largest absolute Gasteiger partial charge is 0.497 e. The van der Waals surface area contributed by atoms with Crippen LogP contribution in [0.2, 0.25) is 0 Å². The van der Waals surface area contributed by atoms with Crippen molar-refractivity contribution in [2.24, 2.45) is 0 Å². The van der Waals surface area contributed by atoms with Crippen molar-refractivity contribution in [2.75, 3.05) is 7.11 Å². The van der Waals surface area contributed by atoms with Crippen LogP contribution in [0.25, 0.3) is 11.6 Å². The summed E-state index contributed by atoms with van der Waals surface area (Å²) in [6, 6.07) is 16.0. The Kier molecular flexibility index (Phi) is 2.54. The Morgan fingerprint density at radius 2 is 1.62 bits per heavy atom. The fourth-order valence-electron chi connectivity index (χ4n) is 2.89. The molecular formula is C18H14O3. The van der Waals surface area contributed by atoms with Crippen LogP contribution in [-0.2, 0) is 15.3 Å². The Balaban J connectivity index is 1.84. The highest BCUT2D eigenvalue weighted by Gasteiger charge is 2.47. The van der Waals surface area contributed by atoms with Gasteiger partial charge in [0.1, 0.15) is 18.3 Å². The molecule has 1 aliphatic carbocycles. The van der Waals surface area contributed by atoms with Gasteiger partial charge >= 0.3 is 5.79 Å². The molecule has 3 heteroatoms. The predicted molar refractivity (Wildman–Crippen MR) is 80.3 cm³/mol. The van der Waals surface area contributed by atoms with Crippen LogP contribution < -0.4 is 4.74 Å². The molecule has 0 N–H and O–H groups in total. The third kappa shape index (κ3) is 1.67. The molecule has 0 atom stereocenters. The first-order chi connectivity index (χ1) is 10.3. The molecule has 2 aliphatic rings. The molecule has 0 unspecified atom stereocenters. The molecule has 0 radical (unpaired) electrons. The minimum atomic E-state index is -0.856. The van der Waals surface area contributed by atoms with Gasteiger partial charge in [-0.25, -0.2) is 0 Å². The highest BCUT2D eigenvalue weighted by molar-refractivity contribution is 5.92. The predicted octanol–water partition coefficient (Wildman–Crippen LogP) is 3.92. The highest BCUT2D eigenvalue weighted by atomic mass is 16.7. The van der Waals surface area contributed by atoms with Gasteiger partial charge in [0.25, 0.3) is 0 Å². The zero-order valence-electron chi connectivity index (χ0n) is 11.6. The molecule has 2 aromatic carbocycles. The van der Waals surface area contributed by atoms with Crippen LogP contribution in [-0.4, -0.2) is 7.11 Å². The zero-order valence-corrected chi connectivity index (χ0v) is 11.6. The van der Waals surface area contributed by atoms with Crippen molar-refractivity contribution >= 4 is 11.6 Å². The number of benzene rings is 2. The molecule has 104 valence electrons. The van der Waals surface area contributed by atoms with Crippen molar-refractivity contribution in [3.8, 4) is 5.75 Å². The van der Waals surface area contributed by atoms with E-state index in [0.29, 0.717) is 0 Å². The Hall–Kier alpha value is -2.68. The number of fused-ring (bicyclic) bond motifs is 2. The lowest BCUT2D eigenvalue weighted by Gasteiger charge is -2.27. The van der Waals surface area contributed by atoms with Crippen molar-refractivity contribution in [1.29, 1.82) is 0 Å². The lowest BCUT2D eigenvalue weighted by atomic mass is 9.96. The Morgan fingerprint density at radius 1 is 0.905 bits per heavy atom. The Morgan fingerprint density at radius 3 is 2.33 bits per heavy atom. The van der Waals surface area contributed by atoms with Crippen molar-refractivity contribution in [1.82, 2.24) is 0 Å². The van der Waals surface area contributed by atoms with Crippen LogP contribution in [0.3, 0.4) is 0 Å². The summed E-state index contributed by atoms with van der Waals surface area (Å²) in [5.74, 6) is -0.0270. The maximum Gasteiger partial charge on any atom is 0.305 e. The van der Waals surface area contributed by atoms with E-state index in [2.05, 4.69) is 12.1 Å². The summed E-state index contributed by atoms with van der Waals surface area (Å²) in [7, 11) is 1.66. The SMILES string of the molecule is COc1ccc(C2=Cc3ccccc3C23OC=CO3)cc1. The van der Waals surface area contributed by atoms with Gasteiger partial charge in [-0.3, -0.25) is 0 Å². The van der Waals surface area contributed by atoms with E-state index >= 15 is 0 Å². The van der Waals surface area contributed by atoms with Gasteiger partial charge in [0.05, 0.1) is 7.11 Å². The van der Waals surface area contributed by atoms with E-state index < -0.39 is 5.79 Å². The van der Waals surface area contributed by atoms with E-state index in [4.69, 9.17) is 14.2 Å². The van der Waals surface area contributed by atoms with Gasteiger partial charge in [0.2, 0.25) is 0 Å². The maximum atomic E-state index is 5.85. The first kappa shape index (κ1) is 12.1. The molecule has 2 aromatic rings. The quantitative estimate of drug-likeness (QED) is 0.833. The molecule has 1 heterocycles. The monoisotopic (exact) mass is 278 g/mol. The highest BCUT2D eigenvalue weighted by Crippen LogP contribution is 2.50. The molecule has 4 rings (SSSR count). The molecule has 0 amide bonds. The standard InChI is InChI=1S/C18H14O3/c1-19-15-8-6-13(7-9-15)17-12-14-4-2-3-5-16(14)18(17)20-10-11-21-18/h2-12H,1H3. The smallest absolute Gasteiger partial charge is 0.305 e. The van der Waals surface area contributed by atoms with Crippen molar-refractivity contribution in [3.63, 3.8) is 0 Å². The van der Waals surface area contributed by atoms with E-state index in [-0.39, 0.29) is 0 Å². The molecule has 21 heavy (non-hydrogen) atoms. The first-order valence-electron chi connectivity index (χ1n) is 6.80. The van der Waals surface area contributed by atoms with Crippen LogP contribution in [0, 0.1) is 0 Å². The van der Waals surface area contributed by atoms with Crippen LogP contribution in [0.1, 0.15) is 16.7 Å². The number of rotatable bonds is 2. The summed E-state index contributed by atoms with van der Waals surface area (Å²) < 4.78 is 16.9. The summed E-state index contributed by atoms with van der Waals surface area (Å²) in [5.41, 5.74) is 4.19. The third-order valence-corrected chi connectivity index (χ3v) is 3.89. The van der Waals surface area contributed by atoms with E-state index in [1.807, 2.05) is 42.5 Å². The average Bonchev–Trinajstić information content (AvgIpc) is 3.15. The maximum absolute atomic E-state index is 5.85. The minimum absolute atomic E-state index is 0.829. The normalized spacial score (nSPS) is 17.1. The lowest BCUT2D eigenvalue weighted by Crippen LogP contribution is -2.26. The summed E-state index contributed by atoms with van der Waals surface area (Å²) in [6.45, 7) is 0. The van der Waals surface area contributed by atoms with Crippen molar-refractivity contribution < 1.29 is 14.2 Å². The average molecular weight is 278 g/mol. The third-order valence-electron chi connectivity index (χ3n) is 3.89. The van der Waals surface area contributed by atoms with E-state index in [1.165, 1.54) is 0 Å². The topological polar surface area (TPSA) is 27.7 Å². The molecule has 0 saturated carbocycles. The lowest BCUT2D eigenvalue weighted by molar-refractivity contribution is -0.0933. The van der Waals surface area contributed by atoms with Crippen LogP contribution in [0.4, 0.5) is 0 Å². The summed E-state index contributed by atoms with van der Waals surface area (Å²) in [4.78, 5) is 0. The summed E-state index contributed by atoms with van der Waals surface area (Å²) in [6.07, 6.45) is 5.31. The summed E-state index contributed by atoms with van der Waals surface area (Å²) >= 11 is 0. The van der Waals surface area contributed by atoms with Crippen LogP contribution >= 0.6 is 0 Å². The molecule has 3 nitrogen and oxygen atoms in total. The second-order valence-corrected chi connectivity index (χ2v) is 5.00. The van der Waals surface area contributed by atoms with Gasteiger partial charge in [-0.15, -0.1) is 0 Å². The second kappa shape index (κ2) is 4.42. The number of hydrogen-bond donors (Lipinski definition) is 0. The van der Waals surface area contributed by atoms with Gasteiger partial charge in [-0.2, -0.15) is 0 Å². The molecule has 0 saturated heterocycles. The summed E-state index contributed by atoms with van der Waals surface area (Å²) in [5, 5.41) is 0. The van der Waals surface area contributed by atoms with Gasteiger partial charge in [0.15, 0.2) is 0 Å². The van der Waals surface area contributed by atoms with Crippen molar-refractivity contribution in [3.05, 3.63) is 77.7 Å². The number of hydrogen-bond acceptors (Lipinski definition) is 3. The number of methoxy groups -OCH3 is 1. The molecule has 1 spiro atoms. The van der Waals surface area contributed by atoms with Crippen LogP contribution in [0.15, 0.2) is 61.1 Å². The van der Waals surface area contributed by atoms with Gasteiger partial charge in [-0.1, -0.05) is 36.4 Å². The molecular weight excluding hydrogens is 264 g/mol. The fourth-order valence-corrected chi connectivity index (χ4v) is 2.89. The molecule has 1 aliphatic heterocycles. The zero-order chi connectivity index (χ0) is 14.3. The van der Waals surface area contributed by atoms with Crippen LogP contribution in [0.5, 0.6) is 5.75 Å². The second-order valence-electron chi connectivity index (χ2n) is 5.00. The van der Waals surface area contributed by atoms with Crippen molar-refractivity contribution in [2.45, 2.75) is 5.79 Å². The Labute approximate surface area is 123 Å². The minimum Gasteiger partial charge on any atom is -0.497 e.